The topological polar surface area (TPSA) is 58.6 Å². The maximum absolute atomic E-state index is 12.4. The molecule has 1 fully saturated rings. The van der Waals surface area contributed by atoms with Crippen LogP contribution in [0.3, 0.4) is 0 Å². The largest absolute Gasteiger partial charge is 0.497 e. The molecule has 0 saturated carbocycles. The minimum absolute atomic E-state index is 0.0960. The van der Waals surface area contributed by atoms with E-state index in [0.717, 1.165) is 29.7 Å². The zero-order valence-electron chi connectivity index (χ0n) is 13.3. The van der Waals surface area contributed by atoms with Crippen molar-refractivity contribution in [2.75, 3.05) is 20.7 Å². The van der Waals surface area contributed by atoms with E-state index >= 15 is 0 Å². The second-order valence-electron chi connectivity index (χ2n) is 5.36. The molecule has 0 aliphatic carbocycles. The lowest BCUT2D eigenvalue weighted by molar-refractivity contribution is -0.134. The van der Waals surface area contributed by atoms with E-state index in [0.29, 0.717) is 6.54 Å². The average molecular weight is 302 g/mol. The average Bonchev–Trinajstić information content (AvgIpc) is 3.03. The number of hydrogen-bond donors (Lipinski definition) is 1. The van der Waals surface area contributed by atoms with E-state index in [2.05, 4.69) is 5.32 Å². The normalized spacial score (nSPS) is 18.2. The summed E-state index contributed by atoms with van der Waals surface area (Å²) in [5, 5.41) is 2.62. The highest BCUT2D eigenvalue weighted by Crippen LogP contribution is 2.21. The first kappa shape index (κ1) is 16.1. The number of benzene rings is 1. The van der Waals surface area contributed by atoms with Gasteiger partial charge in [0.05, 0.1) is 7.11 Å². The van der Waals surface area contributed by atoms with Crippen molar-refractivity contribution in [3.05, 3.63) is 35.9 Å². The minimum Gasteiger partial charge on any atom is -0.497 e. The van der Waals surface area contributed by atoms with Crippen LogP contribution in [0.15, 0.2) is 30.3 Å². The fourth-order valence-corrected chi connectivity index (χ4v) is 2.68. The first-order valence-corrected chi connectivity index (χ1v) is 7.41. The number of amides is 2. The van der Waals surface area contributed by atoms with Gasteiger partial charge in [0.1, 0.15) is 11.8 Å². The zero-order chi connectivity index (χ0) is 16.1. The Labute approximate surface area is 130 Å². The molecular formula is C17H22N2O3. The first-order chi connectivity index (χ1) is 10.6. The molecule has 1 aromatic carbocycles. The summed E-state index contributed by atoms with van der Waals surface area (Å²) in [4.78, 5) is 25.9. The SMILES string of the molecule is CNC(=O)C1CCCN1C(=O)/C=C(\C)c1ccc(OC)cc1. The number of likely N-dealkylation sites (N-methyl/N-ethyl adjacent to an activating group) is 1. The van der Waals surface area contributed by atoms with Gasteiger partial charge in [-0.2, -0.15) is 0 Å². The Morgan fingerprint density at radius 1 is 1.32 bits per heavy atom. The molecule has 1 aromatic rings. The van der Waals surface area contributed by atoms with Gasteiger partial charge >= 0.3 is 0 Å². The maximum Gasteiger partial charge on any atom is 0.247 e. The van der Waals surface area contributed by atoms with Crippen molar-refractivity contribution in [1.29, 1.82) is 0 Å². The third-order valence-corrected chi connectivity index (χ3v) is 3.97. The number of likely N-dealkylation sites (tertiary alicyclic amines) is 1. The summed E-state index contributed by atoms with van der Waals surface area (Å²) in [6.45, 7) is 2.52. The third-order valence-electron chi connectivity index (χ3n) is 3.97. The van der Waals surface area contributed by atoms with Crippen LogP contribution in [0.25, 0.3) is 5.57 Å². The predicted molar refractivity (Wildman–Crippen MR) is 85.4 cm³/mol. The van der Waals surface area contributed by atoms with E-state index in [1.54, 1.807) is 25.1 Å². The quantitative estimate of drug-likeness (QED) is 0.863. The number of ether oxygens (including phenoxy) is 1. The Bertz CT molecular complexity index is 578. The smallest absolute Gasteiger partial charge is 0.247 e. The molecule has 1 saturated heterocycles. The van der Waals surface area contributed by atoms with Gasteiger partial charge in [0.2, 0.25) is 11.8 Å². The summed E-state index contributed by atoms with van der Waals surface area (Å²) in [7, 11) is 3.22. The molecule has 0 aromatic heterocycles. The number of methoxy groups -OCH3 is 1. The molecule has 118 valence electrons. The molecule has 5 nitrogen and oxygen atoms in total. The van der Waals surface area contributed by atoms with E-state index in [4.69, 9.17) is 4.74 Å². The van der Waals surface area contributed by atoms with Crippen molar-refractivity contribution in [3.63, 3.8) is 0 Å². The Morgan fingerprint density at radius 2 is 2.00 bits per heavy atom. The predicted octanol–water partition coefficient (Wildman–Crippen LogP) is 1.84. The Hall–Kier alpha value is -2.30. The molecule has 1 atom stereocenters. The lowest BCUT2D eigenvalue weighted by atomic mass is 10.1. The molecular weight excluding hydrogens is 280 g/mol. The first-order valence-electron chi connectivity index (χ1n) is 7.41. The number of carbonyl (C=O) groups is 2. The molecule has 2 amide bonds. The number of carbonyl (C=O) groups excluding carboxylic acids is 2. The molecule has 0 spiro atoms. The summed E-state index contributed by atoms with van der Waals surface area (Å²) < 4.78 is 5.12. The van der Waals surface area contributed by atoms with E-state index < -0.39 is 0 Å². The van der Waals surface area contributed by atoms with Crippen LogP contribution in [0.1, 0.15) is 25.3 Å². The van der Waals surface area contributed by atoms with E-state index in [9.17, 15) is 9.59 Å². The molecule has 1 heterocycles. The molecule has 1 N–H and O–H groups in total. The van der Waals surface area contributed by atoms with Gasteiger partial charge in [-0.3, -0.25) is 9.59 Å². The number of nitrogens with zero attached hydrogens (tertiary/aromatic N) is 1. The minimum atomic E-state index is -0.350. The van der Waals surface area contributed by atoms with Gasteiger partial charge in [-0.25, -0.2) is 0 Å². The van der Waals surface area contributed by atoms with E-state index in [1.807, 2.05) is 31.2 Å². The number of rotatable bonds is 4. The van der Waals surface area contributed by atoms with Crippen molar-refractivity contribution in [2.24, 2.45) is 0 Å². The van der Waals surface area contributed by atoms with Crippen LogP contribution in [-0.2, 0) is 9.59 Å². The van der Waals surface area contributed by atoms with Gasteiger partial charge in [0.15, 0.2) is 0 Å². The van der Waals surface area contributed by atoms with Crippen molar-refractivity contribution in [2.45, 2.75) is 25.8 Å². The van der Waals surface area contributed by atoms with Crippen LogP contribution in [0.4, 0.5) is 0 Å². The van der Waals surface area contributed by atoms with E-state index in [1.165, 1.54) is 0 Å². The molecule has 22 heavy (non-hydrogen) atoms. The van der Waals surface area contributed by atoms with Crippen molar-refractivity contribution >= 4 is 17.4 Å². The fraction of sp³-hybridized carbons (Fsp3) is 0.412. The zero-order valence-corrected chi connectivity index (χ0v) is 13.3. The lowest BCUT2D eigenvalue weighted by Gasteiger charge is -2.22. The molecule has 1 aliphatic rings. The molecule has 5 heteroatoms. The highest BCUT2D eigenvalue weighted by Gasteiger charge is 2.32. The van der Waals surface area contributed by atoms with E-state index in [-0.39, 0.29) is 17.9 Å². The second-order valence-corrected chi connectivity index (χ2v) is 5.36. The number of hydrogen-bond acceptors (Lipinski definition) is 3. The molecule has 1 unspecified atom stereocenters. The molecule has 0 bridgehead atoms. The fourth-order valence-electron chi connectivity index (χ4n) is 2.68. The second kappa shape index (κ2) is 7.11. The molecule has 2 rings (SSSR count). The summed E-state index contributed by atoms with van der Waals surface area (Å²) in [6, 6.07) is 7.20. The van der Waals surface area contributed by atoms with Gasteiger partial charge in [-0.05, 0) is 43.0 Å². The summed E-state index contributed by atoms with van der Waals surface area (Å²) in [5.74, 6) is 0.572. The van der Waals surface area contributed by atoms with Gasteiger partial charge < -0.3 is 15.0 Å². The standard InChI is InChI=1S/C17H22N2O3/c1-12(13-6-8-14(22-3)9-7-13)11-16(20)19-10-4-5-15(19)17(21)18-2/h6-9,11,15H,4-5,10H2,1-3H3,(H,18,21)/b12-11+. The highest BCUT2D eigenvalue weighted by molar-refractivity contribution is 5.98. The van der Waals surface area contributed by atoms with Crippen LogP contribution in [0.2, 0.25) is 0 Å². The van der Waals surface area contributed by atoms with Crippen molar-refractivity contribution in [3.8, 4) is 5.75 Å². The van der Waals surface area contributed by atoms with Crippen molar-refractivity contribution < 1.29 is 14.3 Å². The monoisotopic (exact) mass is 302 g/mol. The van der Waals surface area contributed by atoms with Crippen LogP contribution >= 0.6 is 0 Å². The van der Waals surface area contributed by atoms with Crippen LogP contribution in [0.5, 0.6) is 5.75 Å². The van der Waals surface area contributed by atoms with Gasteiger partial charge in [0, 0.05) is 19.7 Å². The van der Waals surface area contributed by atoms with Gasteiger partial charge in [-0.1, -0.05) is 12.1 Å². The Kier molecular flexibility index (Phi) is 5.20. The van der Waals surface area contributed by atoms with Crippen LogP contribution in [-0.4, -0.2) is 43.5 Å². The Balaban J connectivity index is 2.12. The number of allylic oxidation sites excluding steroid dienone is 1. The van der Waals surface area contributed by atoms with Gasteiger partial charge in [0.25, 0.3) is 0 Å². The van der Waals surface area contributed by atoms with Crippen LogP contribution in [0, 0.1) is 0 Å². The number of nitrogens with one attached hydrogen (secondary N) is 1. The van der Waals surface area contributed by atoms with Crippen molar-refractivity contribution in [1.82, 2.24) is 10.2 Å². The summed E-state index contributed by atoms with van der Waals surface area (Å²) in [6.07, 6.45) is 3.18. The third kappa shape index (κ3) is 3.47. The lowest BCUT2D eigenvalue weighted by Crippen LogP contribution is -2.44. The summed E-state index contributed by atoms with van der Waals surface area (Å²) >= 11 is 0. The summed E-state index contributed by atoms with van der Waals surface area (Å²) in [5.41, 5.74) is 1.83. The molecule has 1 aliphatic heterocycles. The maximum atomic E-state index is 12.4. The van der Waals surface area contributed by atoms with Crippen LogP contribution < -0.4 is 10.1 Å². The highest BCUT2D eigenvalue weighted by atomic mass is 16.5. The van der Waals surface area contributed by atoms with Gasteiger partial charge in [-0.15, -0.1) is 0 Å². The molecule has 0 radical (unpaired) electrons. The Morgan fingerprint density at radius 3 is 2.59 bits per heavy atom.